The molecule has 3 rings (SSSR count). The Hall–Kier alpha value is -1.35. The van der Waals surface area contributed by atoms with Gasteiger partial charge in [0, 0.05) is 6.04 Å². The van der Waals surface area contributed by atoms with Crippen molar-refractivity contribution in [1.82, 2.24) is 10.2 Å². The van der Waals surface area contributed by atoms with Gasteiger partial charge in [-0.3, -0.25) is 10.1 Å². The van der Waals surface area contributed by atoms with Gasteiger partial charge in [0.15, 0.2) is 0 Å². The Morgan fingerprint density at radius 2 is 1.90 bits per heavy atom. The number of benzene rings is 1. The molecule has 0 spiro atoms. The van der Waals surface area contributed by atoms with Gasteiger partial charge in [0.2, 0.25) is 5.91 Å². The quantitative estimate of drug-likeness (QED) is 0.897. The number of hydrogen-bond acceptors (Lipinski definition) is 2. The fourth-order valence-electron chi connectivity index (χ4n) is 3.61. The molecule has 1 aliphatic heterocycles. The van der Waals surface area contributed by atoms with Crippen LogP contribution < -0.4 is 5.32 Å². The van der Waals surface area contributed by atoms with Crippen molar-refractivity contribution in [2.24, 2.45) is 0 Å². The first-order valence-corrected chi connectivity index (χ1v) is 7.73. The van der Waals surface area contributed by atoms with Crippen LogP contribution >= 0.6 is 0 Å². The standard InChI is InChI=1S/C17H24N2O/c1-11-8-9-12(2)15(10-11)16-18-13(3)17(20)19(16)14-6-4-5-7-14/h8-10,13-14,16,18H,4-7H2,1-3H3. The van der Waals surface area contributed by atoms with Gasteiger partial charge in [0.1, 0.15) is 6.17 Å². The zero-order chi connectivity index (χ0) is 14.3. The van der Waals surface area contributed by atoms with E-state index >= 15 is 0 Å². The van der Waals surface area contributed by atoms with Gasteiger partial charge in [-0.05, 0) is 44.7 Å². The molecule has 2 aliphatic rings. The molecule has 1 heterocycles. The van der Waals surface area contributed by atoms with E-state index in [1.807, 2.05) is 6.92 Å². The van der Waals surface area contributed by atoms with Crippen molar-refractivity contribution in [1.29, 1.82) is 0 Å². The average Bonchev–Trinajstić information content (AvgIpc) is 3.02. The first-order chi connectivity index (χ1) is 9.58. The molecular formula is C17H24N2O. The summed E-state index contributed by atoms with van der Waals surface area (Å²) >= 11 is 0. The van der Waals surface area contributed by atoms with Crippen molar-refractivity contribution in [2.45, 2.75) is 64.7 Å². The minimum Gasteiger partial charge on any atom is -0.319 e. The molecule has 1 saturated heterocycles. The number of aryl methyl sites for hydroxylation is 2. The number of amides is 1. The van der Waals surface area contributed by atoms with E-state index in [0.29, 0.717) is 6.04 Å². The molecule has 20 heavy (non-hydrogen) atoms. The molecule has 3 nitrogen and oxygen atoms in total. The van der Waals surface area contributed by atoms with Crippen LogP contribution in [0.3, 0.4) is 0 Å². The van der Waals surface area contributed by atoms with E-state index in [-0.39, 0.29) is 18.1 Å². The lowest BCUT2D eigenvalue weighted by atomic mass is 10.0. The summed E-state index contributed by atoms with van der Waals surface area (Å²) in [5.41, 5.74) is 3.78. The molecule has 2 unspecified atom stereocenters. The number of carbonyl (C=O) groups is 1. The first kappa shape index (κ1) is 13.6. The van der Waals surface area contributed by atoms with Crippen molar-refractivity contribution in [3.05, 3.63) is 34.9 Å². The third-order valence-corrected chi connectivity index (χ3v) is 4.76. The van der Waals surface area contributed by atoms with Crippen LogP contribution in [0.1, 0.15) is 55.5 Å². The normalized spacial score (nSPS) is 27.6. The third kappa shape index (κ3) is 2.24. The van der Waals surface area contributed by atoms with Gasteiger partial charge in [-0.25, -0.2) is 0 Å². The summed E-state index contributed by atoms with van der Waals surface area (Å²) < 4.78 is 0. The number of rotatable bonds is 2. The smallest absolute Gasteiger partial charge is 0.241 e. The predicted molar refractivity (Wildman–Crippen MR) is 80.4 cm³/mol. The molecule has 1 amide bonds. The molecule has 2 atom stereocenters. The molecule has 0 bridgehead atoms. The average molecular weight is 272 g/mol. The van der Waals surface area contributed by atoms with Crippen LogP contribution in [0.2, 0.25) is 0 Å². The fraction of sp³-hybridized carbons (Fsp3) is 0.588. The second kappa shape index (κ2) is 5.21. The Balaban J connectivity index is 1.97. The number of hydrogen-bond donors (Lipinski definition) is 1. The van der Waals surface area contributed by atoms with E-state index in [1.54, 1.807) is 0 Å². The molecule has 0 aromatic heterocycles. The summed E-state index contributed by atoms with van der Waals surface area (Å²) in [7, 11) is 0. The third-order valence-electron chi connectivity index (χ3n) is 4.76. The number of carbonyl (C=O) groups excluding carboxylic acids is 1. The highest BCUT2D eigenvalue weighted by Gasteiger charge is 2.42. The summed E-state index contributed by atoms with van der Waals surface area (Å²) in [6.07, 6.45) is 4.87. The molecule has 2 fully saturated rings. The Morgan fingerprint density at radius 3 is 2.60 bits per heavy atom. The molecule has 108 valence electrons. The SMILES string of the molecule is Cc1ccc(C)c(C2NC(C)C(=O)N2C2CCCC2)c1. The highest BCUT2D eigenvalue weighted by Crippen LogP contribution is 2.35. The Bertz CT molecular complexity index is 520. The lowest BCUT2D eigenvalue weighted by Gasteiger charge is -2.31. The van der Waals surface area contributed by atoms with Crippen LogP contribution in [-0.4, -0.2) is 22.9 Å². The van der Waals surface area contributed by atoms with Crippen molar-refractivity contribution < 1.29 is 4.79 Å². The van der Waals surface area contributed by atoms with Crippen LogP contribution in [0, 0.1) is 13.8 Å². The van der Waals surface area contributed by atoms with Gasteiger partial charge >= 0.3 is 0 Å². The molecule has 3 heteroatoms. The molecular weight excluding hydrogens is 248 g/mol. The summed E-state index contributed by atoms with van der Waals surface area (Å²) in [5.74, 6) is 0.266. The summed E-state index contributed by atoms with van der Waals surface area (Å²) in [5, 5.41) is 3.49. The zero-order valence-corrected chi connectivity index (χ0v) is 12.6. The van der Waals surface area contributed by atoms with Crippen molar-refractivity contribution in [2.75, 3.05) is 0 Å². The minimum atomic E-state index is -0.0690. The Labute approximate surface area is 121 Å². The van der Waals surface area contributed by atoms with Gasteiger partial charge in [-0.2, -0.15) is 0 Å². The molecule has 1 aromatic rings. The Kier molecular flexibility index (Phi) is 3.55. The number of nitrogens with one attached hydrogen (secondary N) is 1. The minimum absolute atomic E-state index is 0.0560. The fourth-order valence-corrected chi connectivity index (χ4v) is 3.61. The highest BCUT2D eigenvalue weighted by molar-refractivity contribution is 5.84. The molecule has 1 aromatic carbocycles. The van der Waals surface area contributed by atoms with Crippen LogP contribution in [0.15, 0.2) is 18.2 Å². The maximum absolute atomic E-state index is 12.5. The van der Waals surface area contributed by atoms with Gasteiger partial charge in [-0.15, -0.1) is 0 Å². The lowest BCUT2D eigenvalue weighted by molar-refractivity contribution is -0.132. The summed E-state index contributed by atoms with van der Waals surface area (Å²) in [6.45, 7) is 6.23. The van der Waals surface area contributed by atoms with E-state index in [0.717, 1.165) is 12.8 Å². The first-order valence-electron chi connectivity index (χ1n) is 7.73. The lowest BCUT2D eigenvalue weighted by Crippen LogP contribution is -2.38. The maximum atomic E-state index is 12.5. The van der Waals surface area contributed by atoms with Crippen LogP contribution in [0.25, 0.3) is 0 Å². The van der Waals surface area contributed by atoms with Crippen molar-refractivity contribution in [3.8, 4) is 0 Å². The molecule has 1 saturated carbocycles. The van der Waals surface area contributed by atoms with Crippen LogP contribution in [0.5, 0.6) is 0 Å². The second-order valence-corrected chi connectivity index (χ2v) is 6.33. The summed E-state index contributed by atoms with van der Waals surface area (Å²) in [6, 6.07) is 6.87. The van der Waals surface area contributed by atoms with Crippen LogP contribution in [0.4, 0.5) is 0 Å². The zero-order valence-electron chi connectivity index (χ0n) is 12.6. The van der Waals surface area contributed by atoms with Crippen LogP contribution in [-0.2, 0) is 4.79 Å². The van der Waals surface area contributed by atoms with E-state index in [1.165, 1.54) is 29.5 Å². The number of nitrogens with zero attached hydrogens (tertiary/aromatic N) is 1. The monoisotopic (exact) mass is 272 g/mol. The highest BCUT2D eigenvalue weighted by atomic mass is 16.2. The van der Waals surface area contributed by atoms with Gasteiger partial charge in [-0.1, -0.05) is 36.6 Å². The summed E-state index contributed by atoms with van der Waals surface area (Å²) in [4.78, 5) is 14.7. The topological polar surface area (TPSA) is 32.3 Å². The van der Waals surface area contributed by atoms with E-state index in [2.05, 4.69) is 42.3 Å². The van der Waals surface area contributed by atoms with E-state index < -0.39 is 0 Å². The maximum Gasteiger partial charge on any atom is 0.241 e. The molecule has 1 aliphatic carbocycles. The van der Waals surface area contributed by atoms with Gasteiger partial charge < -0.3 is 4.90 Å². The second-order valence-electron chi connectivity index (χ2n) is 6.33. The molecule has 0 radical (unpaired) electrons. The van der Waals surface area contributed by atoms with Crippen molar-refractivity contribution >= 4 is 5.91 Å². The predicted octanol–water partition coefficient (Wildman–Crippen LogP) is 3.06. The van der Waals surface area contributed by atoms with E-state index in [9.17, 15) is 4.79 Å². The van der Waals surface area contributed by atoms with Gasteiger partial charge in [0.05, 0.1) is 6.04 Å². The Morgan fingerprint density at radius 1 is 1.20 bits per heavy atom. The largest absolute Gasteiger partial charge is 0.319 e. The van der Waals surface area contributed by atoms with E-state index in [4.69, 9.17) is 0 Å². The molecule has 1 N–H and O–H groups in total. The van der Waals surface area contributed by atoms with Crippen molar-refractivity contribution in [3.63, 3.8) is 0 Å². The van der Waals surface area contributed by atoms with Gasteiger partial charge in [0.25, 0.3) is 0 Å².